The first-order valence-electron chi connectivity index (χ1n) is 6.56. The van der Waals surface area contributed by atoms with Gasteiger partial charge in [0.2, 0.25) is 5.88 Å². The minimum Gasteiger partial charge on any atom is -0.479 e. The molecule has 2 aromatic rings. The van der Waals surface area contributed by atoms with Gasteiger partial charge in [-0.2, -0.15) is 10.2 Å². The molecule has 22 heavy (non-hydrogen) atoms. The van der Waals surface area contributed by atoms with Gasteiger partial charge in [0.05, 0.1) is 30.7 Å². The van der Waals surface area contributed by atoms with Gasteiger partial charge in [0.1, 0.15) is 11.6 Å². The minimum absolute atomic E-state index is 0.166. The van der Waals surface area contributed by atoms with Gasteiger partial charge in [0, 0.05) is 13.1 Å². The predicted molar refractivity (Wildman–Crippen MR) is 80.2 cm³/mol. The number of hydrogen-bond donors (Lipinski definition) is 1. The molecule has 3 heterocycles. The lowest BCUT2D eigenvalue weighted by Gasteiger charge is -2.29. The SMILES string of the molecule is COc1nc(C#N)c(N2CCOCC2)c2sc(C(N)=O)nc12. The maximum Gasteiger partial charge on any atom is 0.277 e. The van der Waals surface area contributed by atoms with E-state index in [0.29, 0.717) is 42.2 Å². The van der Waals surface area contributed by atoms with Crippen LogP contribution in [0.4, 0.5) is 5.69 Å². The highest BCUT2D eigenvalue weighted by Crippen LogP contribution is 2.38. The van der Waals surface area contributed by atoms with E-state index in [1.807, 2.05) is 4.90 Å². The van der Waals surface area contributed by atoms with E-state index in [4.69, 9.17) is 15.2 Å². The van der Waals surface area contributed by atoms with Crippen molar-refractivity contribution >= 4 is 33.1 Å². The number of aromatic nitrogens is 2. The largest absolute Gasteiger partial charge is 0.479 e. The van der Waals surface area contributed by atoms with Crippen LogP contribution in [-0.2, 0) is 4.74 Å². The van der Waals surface area contributed by atoms with Crippen molar-refractivity contribution in [1.29, 1.82) is 5.26 Å². The number of carbonyl (C=O) groups is 1. The fourth-order valence-electron chi connectivity index (χ4n) is 2.35. The fourth-order valence-corrected chi connectivity index (χ4v) is 3.33. The molecule has 9 heteroatoms. The zero-order valence-electron chi connectivity index (χ0n) is 11.8. The Hall–Kier alpha value is -2.44. The molecule has 8 nitrogen and oxygen atoms in total. The number of fused-ring (bicyclic) bond motifs is 1. The summed E-state index contributed by atoms with van der Waals surface area (Å²) in [5, 5.41) is 9.58. The standard InChI is InChI=1S/C13H13N5O3S/c1-20-12-8-10(22-13(17-8)11(15)19)9(7(6-14)16-12)18-2-4-21-5-3-18/h2-5H2,1H3,(H2,15,19). The molecule has 1 fully saturated rings. The Kier molecular flexibility index (Phi) is 3.79. The summed E-state index contributed by atoms with van der Waals surface area (Å²) in [6.07, 6.45) is 0. The molecule has 0 aliphatic carbocycles. The van der Waals surface area contributed by atoms with E-state index in [9.17, 15) is 10.1 Å². The number of nitrogens with zero attached hydrogens (tertiary/aromatic N) is 4. The molecular formula is C13H13N5O3S. The Morgan fingerprint density at radius 3 is 2.77 bits per heavy atom. The molecule has 3 rings (SSSR count). The average molecular weight is 319 g/mol. The zero-order valence-corrected chi connectivity index (χ0v) is 12.6. The van der Waals surface area contributed by atoms with Gasteiger partial charge >= 0.3 is 0 Å². The minimum atomic E-state index is -0.616. The van der Waals surface area contributed by atoms with Crippen LogP contribution in [0, 0.1) is 11.3 Å². The normalized spacial score (nSPS) is 14.8. The molecule has 2 aromatic heterocycles. The summed E-state index contributed by atoms with van der Waals surface area (Å²) in [7, 11) is 1.45. The first kappa shape index (κ1) is 14.5. The van der Waals surface area contributed by atoms with Gasteiger partial charge in [-0.25, -0.2) is 4.98 Å². The van der Waals surface area contributed by atoms with Gasteiger partial charge in [0.25, 0.3) is 5.91 Å². The summed E-state index contributed by atoms with van der Waals surface area (Å²) in [6.45, 7) is 2.42. The van der Waals surface area contributed by atoms with Crippen LogP contribution in [0.15, 0.2) is 0 Å². The highest BCUT2D eigenvalue weighted by atomic mass is 32.1. The van der Waals surface area contributed by atoms with Gasteiger partial charge in [-0.1, -0.05) is 0 Å². The summed E-state index contributed by atoms with van der Waals surface area (Å²) in [6, 6.07) is 2.09. The maximum atomic E-state index is 11.4. The summed E-state index contributed by atoms with van der Waals surface area (Å²) in [5.74, 6) is -0.401. The molecule has 0 spiro atoms. The molecule has 0 saturated carbocycles. The van der Waals surface area contributed by atoms with Gasteiger partial charge in [-0.3, -0.25) is 4.79 Å². The van der Waals surface area contributed by atoms with Crippen molar-refractivity contribution in [1.82, 2.24) is 9.97 Å². The summed E-state index contributed by atoms with van der Waals surface area (Å²) in [5.41, 5.74) is 6.66. The monoisotopic (exact) mass is 319 g/mol. The Morgan fingerprint density at radius 2 is 2.18 bits per heavy atom. The second kappa shape index (κ2) is 5.75. The number of nitrogens with two attached hydrogens (primary N) is 1. The predicted octanol–water partition coefficient (Wildman–Crippen LogP) is 0.507. The lowest BCUT2D eigenvalue weighted by molar-refractivity contribution is 0.1000. The molecule has 0 unspecified atom stereocenters. The van der Waals surface area contributed by atoms with Crippen LogP contribution in [0.5, 0.6) is 5.88 Å². The van der Waals surface area contributed by atoms with E-state index in [1.54, 1.807) is 0 Å². The molecule has 1 aliphatic rings. The van der Waals surface area contributed by atoms with Gasteiger partial charge < -0.3 is 20.1 Å². The van der Waals surface area contributed by atoms with E-state index >= 15 is 0 Å². The van der Waals surface area contributed by atoms with Crippen molar-refractivity contribution in [2.24, 2.45) is 5.73 Å². The summed E-state index contributed by atoms with van der Waals surface area (Å²) < 4.78 is 11.2. The number of amides is 1. The van der Waals surface area contributed by atoms with Gasteiger partial charge in [-0.05, 0) is 0 Å². The lowest BCUT2D eigenvalue weighted by atomic mass is 10.2. The van der Waals surface area contributed by atoms with Gasteiger partial charge in [0.15, 0.2) is 10.7 Å². The molecule has 0 radical (unpaired) electrons. The van der Waals surface area contributed by atoms with Crippen LogP contribution in [0.2, 0.25) is 0 Å². The van der Waals surface area contributed by atoms with Crippen LogP contribution in [0.1, 0.15) is 15.5 Å². The van der Waals surface area contributed by atoms with Crippen molar-refractivity contribution in [3.05, 3.63) is 10.7 Å². The number of morpholine rings is 1. The smallest absolute Gasteiger partial charge is 0.277 e. The number of ether oxygens (including phenoxy) is 2. The fraction of sp³-hybridized carbons (Fsp3) is 0.385. The van der Waals surface area contributed by atoms with Crippen LogP contribution >= 0.6 is 11.3 Å². The number of anilines is 1. The first-order chi connectivity index (χ1) is 10.7. The molecule has 0 atom stereocenters. The van der Waals surface area contributed by atoms with Gasteiger partial charge in [-0.15, -0.1) is 11.3 Å². The third-order valence-corrected chi connectivity index (χ3v) is 4.40. The van der Waals surface area contributed by atoms with Crippen molar-refractivity contribution in [3.63, 3.8) is 0 Å². The number of pyridine rings is 1. The van der Waals surface area contributed by atoms with E-state index < -0.39 is 5.91 Å². The topological polar surface area (TPSA) is 114 Å². The summed E-state index contributed by atoms with van der Waals surface area (Å²) in [4.78, 5) is 21.9. The summed E-state index contributed by atoms with van der Waals surface area (Å²) >= 11 is 1.15. The molecule has 0 bridgehead atoms. The number of hydrogen-bond acceptors (Lipinski definition) is 8. The molecular weight excluding hydrogens is 306 g/mol. The van der Waals surface area contributed by atoms with Crippen molar-refractivity contribution in [3.8, 4) is 11.9 Å². The van der Waals surface area contributed by atoms with Crippen molar-refractivity contribution in [2.75, 3.05) is 38.3 Å². The first-order valence-corrected chi connectivity index (χ1v) is 7.38. The molecule has 1 saturated heterocycles. The number of rotatable bonds is 3. The Morgan fingerprint density at radius 1 is 1.45 bits per heavy atom. The van der Waals surface area contributed by atoms with Crippen LogP contribution in [0.25, 0.3) is 10.2 Å². The number of thiazole rings is 1. The van der Waals surface area contributed by atoms with Crippen LogP contribution in [-0.4, -0.2) is 49.3 Å². The molecule has 0 aromatic carbocycles. The lowest BCUT2D eigenvalue weighted by Crippen LogP contribution is -2.36. The Bertz CT molecular complexity index is 776. The maximum absolute atomic E-state index is 11.4. The third kappa shape index (κ3) is 2.32. The van der Waals surface area contributed by atoms with E-state index in [0.717, 1.165) is 11.3 Å². The van der Waals surface area contributed by atoms with Crippen LogP contribution < -0.4 is 15.4 Å². The highest BCUT2D eigenvalue weighted by molar-refractivity contribution is 7.21. The second-order valence-electron chi connectivity index (χ2n) is 4.59. The van der Waals surface area contributed by atoms with Crippen molar-refractivity contribution in [2.45, 2.75) is 0 Å². The van der Waals surface area contributed by atoms with E-state index in [-0.39, 0.29) is 16.6 Å². The van der Waals surface area contributed by atoms with E-state index in [2.05, 4.69) is 16.0 Å². The number of carbonyl (C=O) groups excluding carboxylic acids is 1. The molecule has 1 amide bonds. The average Bonchev–Trinajstić information content (AvgIpc) is 2.99. The van der Waals surface area contributed by atoms with Crippen molar-refractivity contribution < 1.29 is 14.3 Å². The highest BCUT2D eigenvalue weighted by Gasteiger charge is 2.25. The number of methoxy groups -OCH3 is 1. The number of nitriles is 1. The molecule has 1 aliphatic heterocycles. The zero-order chi connectivity index (χ0) is 15.7. The molecule has 2 N–H and O–H groups in total. The number of primary amides is 1. The second-order valence-corrected chi connectivity index (χ2v) is 5.59. The quantitative estimate of drug-likeness (QED) is 0.876. The Labute approximate surface area is 130 Å². The van der Waals surface area contributed by atoms with E-state index in [1.165, 1.54) is 7.11 Å². The third-order valence-electron chi connectivity index (χ3n) is 3.32. The van der Waals surface area contributed by atoms with Crippen LogP contribution in [0.3, 0.4) is 0 Å². The Balaban J connectivity index is 2.27. The molecule has 114 valence electrons.